The maximum Gasteiger partial charge on any atom is 0.317 e. The van der Waals surface area contributed by atoms with E-state index >= 15 is 0 Å². The predicted molar refractivity (Wildman–Crippen MR) is 71.8 cm³/mol. The lowest BCUT2D eigenvalue weighted by Crippen LogP contribution is -2.48. The summed E-state index contributed by atoms with van der Waals surface area (Å²) in [5.74, 6) is 1.46. The molecule has 0 saturated carbocycles. The molecule has 6 nitrogen and oxygen atoms in total. The second-order valence-electron chi connectivity index (χ2n) is 4.94. The Labute approximate surface area is 117 Å². The molecule has 0 bridgehead atoms. The van der Waals surface area contributed by atoms with Gasteiger partial charge < -0.3 is 24.4 Å². The van der Waals surface area contributed by atoms with Gasteiger partial charge in [0.2, 0.25) is 6.79 Å². The smallest absolute Gasteiger partial charge is 0.317 e. The normalized spacial score (nSPS) is 20.9. The average Bonchev–Trinajstić information content (AvgIpc) is 2.93. The number of urea groups is 1. The Balaban J connectivity index is 1.59. The van der Waals surface area contributed by atoms with Crippen LogP contribution in [0.3, 0.4) is 0 Å². The summed E-state index contributed by atoms with van der Waals surface area (Å²) in [4.78, 5) is 13.9. The van der Waals surface area contributed by atoms with Gasteiger partial charge in [-0.3, -0.25) is 0 Å². The molecule has 0 aromatic heterocycles. The van der Waals surface area contributed by atoms with Crippen LogP contribution in [-0.2, 0) is 11.3 Å². The largest absolute Gasteiger partial charge is 0.454 e. The van der Waals surface area contributed by atoms with Crippen LogP contribution < -0.4 is 14.8 Å². The van der Waals surface area contributed by atoms with Gasteiger partial charge in [-0.1, -0.05) is 12.1 Å². The van der Waals surface area contributed by atoms with Crippen LogP contribution in [0.2, 0.25) is 0 Å². The first kappa shape index (κ1) is 13.1. The summed E-state index contributed by atoms with van der Waals surface area (Å²) in [6.45, 7) is 4.47. The molecule has 2 heterocycles. The molecular weight excluding hydrogens is 260 g/mol. The summed E-state index contributed by atoms with van der Waals surface area (Å²) in [5, 5.41) is 2.91. The summed E-state index contributed by atoms with van der Waals surface area (Å²) in [6, 6.07) is 5.61. The maximum atomic E-state index is 12.1. The molecule has 0 spiro atoms. The lowest BCUT2D eigenvalue weighted by Gasteiger charge is -2.31. The van der Waals surface area contributed by atoms with E-state index in [0.29, 0.717) is 26.2 Å². The molecule has 0 aliphatic carbocycles. The Hall–Kier alpha value is -1.95. The molecule has 2 aliphatic rings. The molecule has 108 valence electrons. The van der Waals surface area contributed by atoms with Gasteiger partial charge in [0, 0.05) is 25.2 Å². The van der Waals surface area contributed by atoms with Crippen molar-refractivity contribution in [1.29, 1.82) is 0 Å². The standard InChI is InChI=1S/C14H18N2O4/c1-10-8-16(5-6-18-10)14(17)15-7-11-3-2-4-12-13(11)20-9-19-12/h2-4,10H,5-9H2,1H3,(H,15,17). The van der Waals surface area contributed by atoms with Crippen molar-refractivity contribution < 1.29 is 19.0 Å². The van der Waals surface area contributed by atoms with Crippen LogP contribution in [0, 0.1) is 0 Å². The van der Waals surface area contributed by atoms with Crippen LogP contribution in [0.15, 0.2) is 18.2 Å². The topological polar surface area (TPSA) is 60.0 Å². The van der Waals surface area contributed by atoms with Gasteiger partial charge in [-0.25, -0.2) is 4.79 Å². The number of nitrogens with zero attached hydrogens (tertiary/aromatic N) is 1. The number of amides is 2. The number of rotatable bonds is 2. The summed E-state index contributed by atoms with van der Waals surface area (Å²) < 4.78 is 16.2. The summed E-state index contributed by atoms with van der Waals surface area (Å²) >= 11 is 0. The number of nitrogens with one attached hydrogen (secondary N) is 1. The average molecular weight is 278 g/mol. The van der Waals surface area contributed by atoms with Gasteiger partial charge in [0.1, 0.15) is 0 Å². The fourth-order valence-electron chi connectivity index (χ4n) is 2.42. The molecule has 2 aliphatic heterocycles. The summed E-state index contributed by atoms with van der Waals surface area (Å²) in [6.07, 6.45) is 0.0900. The second-order valence-corrected chi connectivity index (χ2v) is 4.94. The molecule has 0 radical (unpaired) electrons. The SMILES string of the molecule is CC1CN(C(=O)NCc2cccc3c2OCO3)CCO1. The zero-order chi connectivity index (χ0) is 13.9. The number of benzene rings is 1. The quantitative estimate of drug-likeness (QED) is 0.887. The Morgan fingerprint density at radius 1 is 1.45 bits per heavy atom. The highest BCUT2D eigenvalue weighted by Crippen LogP contribution is 2.35. The van der Waals surface area contributed by atoms with Crippen LogP contribution in [0.4, 0.5) is 4.79 Å². The van der Waals surface area contributed by atoms with Crippen molar-refractivity contribution in [2.75, 3.05) is 26.5 Å². The van der Waals surface area contributed by atoms with Crippen molar-refractivity contribution in [2.24, 2.45) is 0 Å². The Bertz CT molecular complexity index is 506. The number of para-hydroxylation sites is 1. The van der Waals surface area contributed by atoms with Crippen molar-refractivity contribution in [3.8, 4) is 11.5 Å². The molecule has 1 saturated heterocycles. The first-order chi connectivity index (χ1) is 9.74. The van der Waals surface area contributed by atoms with Gasteiger partial charge in [-0.05, 0) is 13.0 Å². The fraction of sp³-hybridized carbons (Fsp3) is 0.500. The minimum Gasteiger partial charge on any atom is -0.454 e. The third kappa shape index (κ3) is 2.65. The van der Waals surface area contributed by atoms with E-state index in [1.165, 1.54) is 0 Å². The Morgan fingerprint density at radius 2 is 2.35 bits per heavy atom. The zero-order valence-electron chi connectivity index (χ0n) is 11.4. The molecule has 1 unspecified atom stereocenters. The highest BCUT2D eigenvalue weighted by molar-refractivity contribution is 5.74. The van der Waals surface area contributed by atoms with Crippen molar-refractivity contribution in [3.63, 3.8) is 0 Å². The molecule has 1 aromatic carbocycles. The van der Waals surface area contributed by atoms with E-state index in [0.717, 1.165) is 17.1 Å². The van der Waals surface area contributed by atoms with Crippen LogP contribution >= 0.6 is 0 Å². The van der Waals surface area contributed by atoms with Crippen LogP contribution in [0.1, 0.15) is 12.5 Å². The highest BCUT2D eigenvalue weighted by Gasteiger charge is 2.22. The monoisotopic (exact) mass is 278 g/mol. The van der Waals surface area contributed by atoms with Gasteiger partial charge >= 0.3 is 6.03 Å². The summed E-state index contributed by atoms with van der Waals surface area (Å²) in [5.41, 5.74) is 0.926. The molecule has 2 amide bonds. The molecule has 20 heavy (non-hydrogen) atoms. The number of hydrogen-bond donors (Lipinski definition) is 1. The number of carbonyl (C=O) groups is 1. The van der Waals surface area contributed by atoms with Gasteiger partial charge in [-0.15, -0.1) is 0 Å². The van der Waals surface area contributed by atoms with E-state index in [-0.39, 0.29) is 18.9 Å². The van der Waals surface area contributed by atoms with E-state index in [9.17, 15) is 4.79 Å². The predicted octanol–water partition coefficient (Wildman–Crippen LogP) is 1.35. The second kappa shape index (κ2) is 5.58. The maximum absolute atomic E-state index is 12.1. The third-order valence-corrected chi connectivity index (χ3v) is 3.44. The lowest BCUT2D eigenvalue weighted by molar-refractivity contribution is -0.00352. The van der Waals surface area contributed by atoms with Crippen molar-refractivity contribution >= 4 is 6.03 Å². The lowest BCUT2D eigenvalue weighted by atomic mass is 10.2. The van der Waals surface area contributed by atoms with Crippen molar-refractivity contribution in [3.05, 3.63) is 23.8 Å². The molecule has 6 heteroatoms. The van der Waals surface area contributed by atoms with Crippen LogP contribution in [0.25, 0.3) is 0 Å². The molecule has 1 aromatic rings. The number of carbonyl (C=O) groups excluding carboxylic acids is 1. The van der Waals surface area contributed by atoms with Crippen LogP contribution in [-0.4, -0.2) is 43.5 Å². The number of fused-ring (bicyclic) bond motifs is 1. The van der Waals surface area contributed by atoms with E-state index in [1.54, 1.807) is 4.90 Å². The molecule has 1 atom stereocenters. The minimum atomic E-state index is -0.0725. The van der Waals surface area contributed by atoms with E-state index in [4.69, 9.17) is 14.2 Å². The third-order valence-electron chi connectivity index (χ3n) is 3.44. The van der Waals surface area contributed by atoms with Gasteiger partial charge in [0.05, 0.1) is 12.7 Å². The first-order valence-electron chi connectivity index (χ1n) is 6.76. The Kier molecular flexibility index (Phi) is 3.64. The first-order valence-corrected chi connectivity index (χ1v) is 6.76. The van der Waals surface area contributed by atoms with Gasteiger partial charge in [0.15, 0.2) is 11.5 Å². The van der Waals surface area contributed by atoms with Crippen molar-refractivity contribution in [2.45, 2.75) is 19.6 Å². The van der Waals surface area contributed by atoms with E-state index in [2.05, 4.69) is 5.32 Å². The molecule has 1 fully saturated rings. The number of ether oxygens (including phenoxy) is 3. The van der Waals surface area contributed by atoms with Gasteiger partial charge in [-0.2, -0.15) is 0 Å². The Morgan fingerprint density at radius 3 is 3.20 bits per heavy atom. The number of morpholine rings is 1. The minimum absolute atomic E-state index is 0.0725. The molecular formula is C14H18N2O4. The van der Waals surface area contributed by atoms with E-state index < -0.39 is 0 Å². The van der Waals surface area contributed by atoms with Crippen LogP contribution in [0.5, 0.6) is 11.5 Å². The zero-order valence-corrected chi connectivity index (χ0v) is 11.4. The van der Waals surface area contributed by atoms with Gasteiger partial charge in [0.25, 0.3) is 0 Å². The van der Waals surface area contributed by atoms with Crippen molar-refractivity contribution in [1.82, 2.24) is 10.2 Å². The fourth-order valence-corrected chi connectivity index (χ4v) is 2.42. The van der Waals surface area contributed by atoms with E-state index in [1.807, 2.05) is 25.1 Å². The molecule has 1 N–H and O–H groups in total. The molecule has 3 rings (SSSR count). The summed E-state index contributed by atoms with van der Waals surface area (Å²) in [7, 11) is 0. The highest BCUT2D eigenvalue weighted by atomic mass is 16.7. The number of hydrogen-bond acceptors (Lipinski definition) is 4.